The second kappa shape index (κ2) is 6.96. The molecule has 6 heteroatoms. The molecule has 0 spiro atoms. The van der Waals surface area contributed by atoms with Gasteiger partial charge in [0.15, 0.2) is 0 Å². The van der Waals surface area contributed by atoms with Crippen LogP contribution in [0.2, 0.25) is 0 Å². The molecule has 102 valence electrons. The van der Waals surface area contributed by atoms with Crippen LogP contribution in [0.25, 0.3) is 0 Å². The second-order valence-electron chi connectivity index (χ2n) is 5.06. The molecule has 0 saturated carbocycles. The van der Waals surface area contributed by atoms with Crippen molar-refractivity contribution in [3.8, 4) is 0 Å². The first kappa shape index (κ1) is 16.4. The van der Waals surface area contributed by atoms with E-state index in [9.17, 15) is 13.2 Å². The Labute approximate surface area is 104 Å². The molecule has 17 heavy (non-hydrogen) atoms. The van der Waals surface area contributed by atoms with Crippen molar-refractivity contribution in [1.82, 2.24) is 4.72 Å². The maximum Gasteiger partial charge on any atom is 0.306 e. The van der Waals surface area contributed by atoms with Gasteiger partial charge in [-0.25, -0.2) is 13.1 Å². The van der Waals surface area contributed by atoms with E-state index in [4.69, 9.17) is 4.74 Å². The van der Waals surface area contributed by atoms with Gasteiger partial charge in [-0.3, -0.25) is 4.79 Å². The van der Waals surface area contributed by atoms with E-state index in [2.05, 4.69) is 4.72 Å². The Balaban J connectivity index is 3.50. The number of esters is 1. The fourth-order valence-electron chi connectivity index (χ4n) is 1.22. The van der Waals surface area contributed by atoms with Crippen LogP contribution in [0.4, 0.5) is 0 Å². The average molecular weight is 265 g/mol. The summed E-state index contributed by atoms with van der Waals surface area (Å²) in [7, 11) is -3.09. The minimum absolute atomic E-state index is 0.200. The monoisotopic (exact) mass is 265 g/mol. The number of unbranched alkanes of at least 4 members (excludes halogenated alkanes) is 2. The van der Waals surface area contributed by atoms with E-state index in [1.165, 1.54) is 0 Å². The lowest BCUT2D eigenvalue weighted by Crippen LogP contribution is -2.24. The van der Waals surface area contributed by atoms with E-state index in [1.807, 2.05) is 20.8 Å². The van der Waals surface area contributed by atoms with E-state index >= 15 is 0 Å². The van der Waals surface area contributed by atoms with E-state index in [1.54, 1.807) is 0 Å². The standard InChI is InChI=1S/C11H23NO4S/c1-11(2,3)16-10(13)8-6-5-7-9-12-17(4,14)15/h12H,5-9H2,1-4H3. The van der Waals surface area contributed by atoms with Gasteiger partial charge in [0.2, 0.25) is 10.0 Å². The molecule has 0 atom stereocenters. The molecule has 0 heterocycles. The highest BCUT2D eigenvalue weighted by Gasteiger charge is 2.15. The van der Waals surface area contributed by atoms with Crippen molar-refractivity contribution in [3.63, 3.8) is 0 Å². The van der Waals surface area contributed by atoms with Gasteiger partial charge in [-0.05, 0) is 33.6 Å². The van der Waals surface area contributed by atoms with Gasteiger partial charge in [-0.15, -0.1) is 0 Å². The van der Waals surface area contributed by atoms with Gasteiger partial charge in [0.05, 0.1) is 6.26 Å². The summed E-state index contributed by atoms with van der Waals surface area (Å²) in [6.07, 6.45) is 3.78. The topological polar surface area (TPSA) is 72.5 Å². The molecule has 0 aliphatic rings. The zero-order valence-corrected chi connectivity index (χ0v) is 11.9. The van der Waals surface area contributed by atoms with Crippen LogP contribution in [0.15, 0.2) is 0 Å². The molecule has 0 fully saturated rings. The van der Waals surface area contributed by atoms with Gasteiger partial charge < -0.3 is 4.74 Å². The van der Waals surface area contributed by atoms with Crippen LogP contribution >= 0.6 is 0 Å². The van der Waals surface area contributed by atoms with Crippen molar-refractivity contribution in [3.05, 3.63) is 0 Å². The van der Waals surface area contributed by atoms with Crippen LogP contribution in [0.5, 0.6) is 0 Å². The molecule has 0 bridgehead atoms. The summed E-state index contributed by atoms with van der Waals surface area (Å²) >= 11 is 0. The summed E-state index contributed by atoms with van der Waals surface area (Å²) < 4.78 is 29.0. The zero-order valence-electron chi connectivity index (χ0n) is 11.1. The zero-order chi connectivity index (χ0) is 13.5. The SMILES string of the molecule is CC(C)(C)OC(=O)CCCCCNS(C)(=O)=O. The predicted molar refractivity (Wildman–Crippen MR) is 67.2 cm³/mol. The van der Waals surface area contributed by atoms with Crippen LogP contribution in [0.3, 0.4) is 0 Å². The lowest BCUT2D eigenvalue weighted by molar-refractivity contribution is -0.154. The molecule has 0 saturated heterocycles. The minimum atomic E-state index is -3.09. The highest BCUT2D eigenvalue weighted by molar-refractivity contribution is 7.88. The minimum Gasteiger partial charge on any atom is -0.460 e. The van der Waals surface area contributed by atoms with Gasteiger partial charge in [-0.2, -0.15) is 0 Å². The third-order valence-corrected chi connectivity index (χ3v) is 2.57. The lowest BCUT2D eigenvalue weighted by Gasteiger charge is -2.19. The quantitative estimate of drug-likeness (QED) is 0.558. The third-order valence-electron chi connectivity index (χ3n) is 1.84. The Kier molecular flexibility index (Phi) is 6.70. The molecule has 1 N–H and O–H groups in total. The summed E-state index contributed by atoms with van der Waals surface area (Å²) in [6, 6.07) is 0. The maximum absolute atomic E-state index is 11.3. The first-order valence-corrected chi connectivity index (χ1v) is 7.66. The fraction of sp³-hybridized carbons (Fsp3) is 0.909. The predicted octanol–water partition coefficient (Wildman–Crippen LogP) is 1.44. The second-order valence-corrected chi connectivity index (χ2v) is 6.90. The Morgan fingerprint density at radius 2 is 1.76 bits per heavy atom. The lowest BCUT2D eigenvalue weighted by atomic mass is 10.1. The number of sulfonamides is 1. The molecule has 0 aromatic carbocycles. The van der Waals surface area contributed by atoms with E-state index in [-0.39, 0.29) is 5.97 Å². The largest absolute Gasteiger partial charge is 0.460 e. The summed E-state index contributed by atoms with van der Waals surface area (Å²) in [6.45, 7) is 5.93. The average Bonchev–Trinajstić information content (AvgIpc) is 2.06. The van der Waals surface area contributed by atoms with Crippen LogP contribution < -0.4 is 4.72 Å². The molecule has 0 aromatic rings. The Morgan fingerprint density at radius 3 is 2.24 bits per heavy atom. The van der Waals surface area contributed by atoms with Crippen molar-refractivity contribution in [1.29, 1.82) is 0 Å². The molecule has 0 radical (unpaired) electrons. The van der Waals surface area contributed by atoms with Gasteiger partial charge in [0.1, 0.15) is 5.60 Å². The highest BCUT2D eigenvalue weighted by atomic mass is 32.2. The van der Waals surface area contributed by atoms with Gasteiger partial charge in [0, 0.05) is 13.0 Å². The summed E-state index contributed by atoms with van der Waals surface area (Å²) in [4.78, 5) is 11.3. The number of carbonyl (C=O) groups excluding carboxylic acids is 1. The van der Waals surface area contributed by atoms with Crippen molar-refractivity contribution in [2.24, 2.45) is 0 Å². The number of ether oxygens (including phenoxy) is 1. The number of hydrogen-bond donors (Lipinski definition) is 1. The van der Waals surface area contributed by atoms with Crippen molar-refractivity contribution in [2.75, 3.05) is 12.8 Å². The van der Waals surface area contributed by atoms with Gasteiger partial charge in [0.25, 0.3) is 0 Å². The molecule has 0 aliphatic carbocycles. The highest BCUT2D eigenvalue weighted by Crippen LogP contribution is 2.10. The van der Waals surface area contributed by atoms with Crippen LogP contribution in [0.1, 0.15) is 46.5 Å². The number of hydrogen-bond acceptors (Lipinski definition) is 4. The van der Waals surface area contributed by atoms with E-state index in [0.717, 1.165) is 25.5 Å². The van der Waals surface area contributed by atoms with Crippen molar-refractivity contribution < 1.29 is 17.9 Å². The molecular weight excluding hydrogens is 242 g/mol. The molecule has 0 amide bonds. The first-order valence-electron chi connectivity index (χ1n) is 5.77. The molecule has 0 unspecified atom stereocenters. The molecule has 5 nitrogen and oxygen atoms in total. The number of rotatable bonds is 7. The van der Waals surface area contributed by atoms with Gasteiger partial charge >= 0.3 is 5.97 Å². The van der Waals surface area contributed by atoms with Crippen molar-refractivity contribution in [2.45, 2.75) is 52.1 Å². The Morgan fingerprint density at radius 1 is 1.18 bits per heavy atom. The van der Waals surface area contributed by atoms with Crippen LogP contribution in [-0.4, -0.2) is 32.8 Å². The third kappa shape index (κ3) is 13.3. The maximum atomic E-state index is 11.3. The van der Waals surface area contributed by atoms with E-state index < -0.39 is 15.6 Å². The molecular formula is C11H23NO4S. The fourth-order valence-corrected chi connectivity index (χ4v) is 1.74. The summed E-state index contributed by atoms with van der Waals surface area (Å²) in [5.41, 5.74) is -0.436. The summed E-state index contributed by atoms with van der Waals surface area (Å²) in [5, 5.41) is 0. The van der Waals surface area contributed by atoms with E-state index in [0.29, 0.717) is 13.0 Å². The number of nitrogens with one attached hydrogen (secondary N) is 1. The van der Waals surface area contributed by atoms with Gasteiger partial charge in [-0.1, -0.05) is 6.42 Å². The Hall–Kier alpha value is -0.620. The summed E-state index contributed by atoms with van der Waals surface area (Å²) in [5.74, 6) is -0.200. The normalized spacial score (nSPS) is 12.5. The molecule has 0 rings (SSSR count). The van der Waals surface area contributed by atoms with Crippen LogP contribution in [0, 0.1) is 0 Å². The number of carbonyl (C=O) groups is 1. The Bertz CT molecular complexity index is 330. The smallest absolute Gasteiger partial charge is 0.306 e. The molecule has 0 aliphatic heterocycles. The van der Waals surface area contributed by atoms with Crippen LogP contribution in [-0.2, 0) is 19.6 Å². The van der Waals surface area contributed by atoms with Crippen molar-refractivity contribution >= 4 is 16.0 Å². The molecule has 0 aromatic heterocycles. The first-order chi connectivity index (χ1) is 7.60.